The standard InChI is InChI=1S/C8H13Cl3OSi/c1-2-3-4-5-6-12-7-8-13(9,10)11/h1H,3-8H2. The minimum Gasteiger partial charge on any atom is -0.382 e. The fourth-order valence-corrected chi connectivity index (χ4v) is 1.79. The van der Waals surface area contributed by atoms with Crippen LogP contribution in [0.2, 0.25) is 6.04 Å². The van der Waals surface area contributed by atoms with Gasteiger partial charge >= 0.3 is 6.00 Å². The van der Waals surface area contributed by atoms with Crippen LogP contribution >= 0.6 is 33.2 Å². The fraction of sp³-hybridized carbons (Fsp3) is 0.750. The molecule has 0 aliphatic rings. The van der Waals surface area contributed by atoms with Crippen molar-refractivity contribution in [1.82, 2.24) is 0 Å². The Hall–Kier alpha value is 0.607. The third-order valence-electron chi connectivity index (χ3n) is 1.39. The smallest absolute Gasteiger partial charge is 0.343 e. The van der Waals surface area contributed by atoms with Crippen molar-refractivity contribution in [3.63, 3.8) is 0 Å². The van der Waals surface area contributed by atoms with Crippen LogP contribution in [-0.2, 0) is 4.74 Å². The van der Waals surface area contributed by atoms with Crippen molar-refractivity contribution in [3.8, 4) is 12.3 Å². The van der Waals surface area contributed by atoms with Crippen molar-refractivity contribution in [2.24, 2.45) is 0 Å². The molecule has 0 amide bonds. The van der Waals surface area contributed by atoms with E-state index in [1.54, 1.807) is 0 Å². The highest BCUT2D eigenvalue weighted by Crippen LogP contribution is 2.24. The molecule has 0 spiro atoms. The molecule has 5 heteroatoms. The molecule has 0 rings (SSSR count). The van der Waals surface area contributed by atoms with Gasteiger partial charge < -0.3 is 4.74 Å². The lowest BCUT2D eigenvalue weighted by Gasteiger charge is -2.07. The van der Waals surface area contributed by atoms with Gasteiger partial charge in [0.05, 0.1) is 0 Å². The van der Waals surface area contributed by atoms with E-state index in [0.717, 1.165) is 19.3 Å². The fourth-order valence-electron chi connectivity index (χ4n) is 0.721. The lowest BCUT2D eigenvalue weighted by atomic mass is 10.2. The van der Waals surface area contributed by atoms with Gasteiger partial charge in [0, 0.05) is 25.7 Å². The summed E-state index contributed by atoms with van der Waals surface area (Å²) < 4.78 is 5.27. The molecule has 0 atom stereocenters. The van der Waals surface area contributed by atoms with Crippen LogP contribution in [0.1, 0.15) is 19.3 Å². The van der Waals surface area contributed by atoms with Crippen molar-refractivity contribution < 1.29 is 4.74 Å². The normalized spacial score (nSPS) is 11.2. The van der Waals surface area contributed by atoms with E-state index in [2.05, 4.69) is 5.92 Å². The summed E-state index contributed by atoms with van der Waals surface area (Å²) in [6.07, 6.45) is 7.88. The van der Waals surface area contributed by atoms with Crippen molar-refractivity contribution in [2.75, 3.05) is 13.2 Å². The highest BCUT2D eigenvalue weighted by molar-refractivity contribution is 7.64. The lowest BCUT2D eigenvalue weighted by Crippen LogP contribution is -2.12. The summed E-state index contributed by atoms with van der Waals surface area (Å²) in [6.45, 7) is 1.25. The summed E-state index contributed by atoms with van der Waals surface area (Å²) in [5.41, 5.74) is 0. The van der Waals surface area contributed by atoms with Gasteiger partial charge in [0.15, 0.2) is 0 Å². The van der Waals surface area contributed by atoms with Crippen LogP contribution in [0, 0.1) is 12.3 Å². The summed E-state index contributed by atoms with van der Waals surface area (Å²) in [4.78, 5) is 0. The molecule has 13 heavy (non-hydrogen) atoms. The van der Waals surface area contributed by atoms with Gasteiger partial charge in [0.1, 0.15) is 0 Å². The van der Waals surface area contributed by atoms with Crippen molar-refractivity contribution >= 4 is 39.2 Å². The SMILES string of the molecule is C#CCCCCOCC[Si](Cl)(Cl)Cl. The summed E-state index contributed by atoms with van der Waals surface area (Å²) in [6, 6.07) is -1.91. The maximum absolute atomic E-state index is 5.66. The first kappa shape index (κ1) is 13.6. The molecule has 0 saturated carbocycles. The van der Waals surface area contributed by atoms with Gasteiger partial charge in [-0.25, -0.2) is 0 Å². The molecule has 0 N–H and O–H groups in total. The Morgan fingerprint density at radius 3 is 2.38 bits per heavy atom. The van der Waals surface area contributed by atoms with Gasteiger partial charge in [-0.15, -0.1) is 45.6 Å². The van der Waals surface area contributed by atoms with E-state index >= 15 is 0 Å². The highest BCUT2D eigenvalue weighted by atomic mass is 35.8. The average molecular weight is 260 g/mol. The molecule has 0 aromatic heterocycles. The van der Waals surface area contributed by atoms with E-state index < -0.39 is 6.00 Å². The zero-order valence-corrected chi connectivity index (χ0v) is 10.6. The van der Waals surface area contributed by atoms with Gasteiger partial charge in [-0.3, -0.25) is 0 Å². The zero-order chi connectivity index (χ0) is 10.2. The molecule has 0 aliphatic heterocycles. The van der Waals surface area contributed by atoms with Crippen LogP contribution in [0.5, 0.6) is 0 Å². The maximum atomic E-state index is 5.66. The summed E-state index contributed by atoms with van der Waals surface area (Å²) in [5.74, 6) is 2.57. The van der Waals surface area contributed by atoms with Crippen molar-refractivity contribution in [1.29, 1.82) is 0 Å². The van der Waals surface area contributed by atoms with Gasteiger partial charge in [0.25, 0.3) is 0 Å². The Kier molecular flexibility index (Phi) is 8.33. The number of hydrogen-bond donors (Lipinski definition) is 0. The van der Waals surface area contributed by atoms with E-state index in [-0.39, 0.29) is 0 Å². The molecule has 0 heterocycles. The van der Waals surface area contributed by atoms with E-state index in [4.69, 9.17) is 44.4 Å². The monoisotopic (exact) mass is 258 g/mol. The molecule has 0 saturated heterocycles. The van der Waals surface area contributed by atoms with Gasteiger partial charge in [-0.05, 0) is 12.8 Å². The summed E-state index contributed by atoms with van der Waals surface area (Å²) >= 11 is 17.0. The number of unbranched alkanes of at least 4 members (excludes halogenated alkanes) is 2. The minimum atomic E-state index is -2.47. The second kappa shape index (κ2) is 7.96. The van der Waals surface area contributed by atoms with E-state index in [9.17, 15) is 0 Å². The average Bonchev–Trinajstić information content (AvgIpc) is 2.01. The molecule has 0 unspecified atom stereocenters. The van der Waals surface area contributed by atoms with Crippen LogP contribution in [0.4, 0.5) is 0 Å². The number of rotatable bonds is 7. The first-order valence-electron chi connectivity index (χ1n) is 4.14. The van der Waals surface area contributed by atoms with Crippen LogP contribution in [0.3, 0.4) is 0 Å². The Labute approximate surface area is 94.8 Å². The van der Waals surface area contributed by atoms with Gasteiger partial charge in [-0.1, -0.05) is 0 Å². The molecular formula is C8H13Cl3OSi. The molecular weight excluding hydrogens is 247 g/mol. The zero-order valence-electron chi connectivity index (χ0n) is 7.36. The predicted octanol–water partition coefficient (Wildman–Crippen LogP) is 3.46. The van der Waals surface area contributed by atoms with E-state index in [0.29, 0.717) is 19.3 Å². The van der Waals surface area contributed by atoms with Crippen LogP contribution < -0.4 is 0 Å². The molecule has 0 aromatic rings. The van der Waals surface area contributed by atoms with E-state index in [1.165, 1.54) is 0 Å². The first-order valence-corrected chi connectivity index (χ1v) is 9.38. The summed E-state index contributed by atoms with van der Waals surface area (Å²) in [5, 5.41) is 0. The topological polar surface area (TPSA) is 9.23 Å². The van der Waals surface area contributed by atoms with Crippen molar-refractivity contribution in [2.45, 2.75) is 25.3 Å². The Morgan fingerprint density at radius 2 is 1.85 bits per heavy atom. The minimum absolute atomic E-state index is 0.540. The molecule has 0 bridgehead atoms. The first-order chi connectivity index (χ1) is 6.06. The predicted molar refractivity (Wildman–Crippen MR) is 61.6 cm³/mol. The van der Waals surface area contributed by atoms with Crippen LogP contribution in [0.25, 0.3) is 0 Å². The molecule has 0 aromatic carbocycles. The van der Waals surface area contributed by atoms with Gasteiger partial charge in [-0.2, -0.15) is 0 Å². The third kappa shape index (κ3) is 12.6. The molecule has 0 fully saturated rings. The lowest BCUT2D eigenvalue weighted by molar-refractivity contribution is 0.143. The van der Waals surface area contributed by atoms with E-state index in [1.807, 2.05) is 0 Å². The highest BCUT2D eigenvalue weighted by Gasteiger charge is 2.23. The molecule has 1 nitrogen and oxygen atoms in total. The van der Waals surface area contributed by atoms with Gasteiger partial charge in [0.2, 0.25) is 0 Å². The third-order valence-corrected chi connectivity index (χ3v) is 3.86. The Bertz CT molecular complexity index is 162. The number of halogens is 3. The quantitative estimate of drug-likeness (QED) is 0.294. The van der Waals surface area contributed by atoms with Crippen molar-refractivity contribution in [3.05, 3.63) is 0 Å². The second-order valence-corrected chi connectivity index (χ2v) is 11.9. The Balaban J connectivity index is 3.05. The van der Waals surface area contributed by atoms with Crippen LogP contribution in [-0.4, -0.2) is 19.2 Å². The largest absolute Gasteiger partial charge is 0.382 e. The maximum Gasteiger partial charge on any atom is 0.343 e. The number of terminal acetylenes is 1. The van der Waals surface area contributed by atoms with Crippen LogP contribution in [0.15, 0.2) is 0 Å². The Morgan fingerprint density at radius 1 is 1.15 bits per heavy atom. The number of hydrogen-bond acceptors (Lipinski definition) is 1. The molecule has 0 aliphatic carbocycles. The summed E-state index contributed by atoms with van der Waals surface area (Å²) in [7, 11) is 0. The molecule has 0 radical (unpaired) electrons. The number of ether oxygens (including phenoxy) is 1. The molecule has 76 valence electrons. The second-order valence-electron chi connectivity index (χ2n) is 2.64.